The second kappa shape index (κ2) is 5.28. The van der Waals surface area contributed by atoms with E-state index in [0.717, 1.165) is 10.8 Å². The number of thioether (sulfide) groups is 1. The Balaban J connectivity index is 2.39. The molecule has 1 aromatic heterocycles. The van der Waals surface area contributed by atoms with Crippen molar-refractivity contribution in [2.24, 2.45) is 0 Å². The Hall–Kier alpha value is -1.73. The van der Waals surface area contributed by atoms with E-state index in [-0.39, 0.29) is 5.25 Å². The maximum Gasteiger partial charge on any atom is 0.173 e. The average molecular weight is 257 g/mol. The van der Waals surface area contributed by atoms with E-state index >= 15 is 0 Å². The van der Waals surface area contributed by atoms with E-state index < -0.39 is 0 Å². The van der Waals surface area contributed by atoms with Gasteiger partial charge in [-0.05, 0) is 44.0 Å². The number of aromatic nitrogens is 2. The molecule has 2 rings (SSSR count). The lowest BCUT2D eigenvalue weighted by molar-refractivity contribution is 0.890. The van der Waals surface area contributed by atoms with E-state index in [1.807, 2.05) is 17.7 Å². The van der Waals surface area contributed by atoms with Gasteiger partial charge in [-0.1, -0.05) is 17.8 Å². The van der Waals surface area contributed by atoms with Crippen molar-refractivity contribution in [2.75, 3.05) is 0 Å². The SMILES string of the molecule is Cc1cc(C)cc(-n2ccnc2SC(C)C#N)c1. The molecule has 1 atom stereocenters. The average Bonchev–Trinajstić information content (AvgIpc) is 2.75. The molecule has 0 fully saturated rings. The molecule has 0 amide bonds. The fourth-order valence-corrected chi connectivity index (χ4v) is 2.62. The number of imidazole rings is 1. The summed E-state index contributed by atoms with van der Waals surface area (Å²) in [5.74, 6) is 0. The summed E-state index contributed by atoms with van der Waals surface area (Å²) in [5, 5.41) is 9.63. The van der Waals surface area contributed by atoms with Crippen molar-refractivity contribution in [3.8, 4) is 11.8 Å². The summed E-state index contributed by atoms with van der Waals surface area (Å²) in [6, 6.07) is 8.60. The van der Waals surface area contributed by atoms with Crippen LogP contribution in [0.4, 0.5) is 0 Å². The molecule has 1 aromatic carbocycles. The van der Waals surface area contributed by atoms with Crippen LogP contribution in [0.15, 0.2) is 35.7 Å². The van der Waals surface area contributed by atoms with Crippen LogP contribution in [0.25, 0.3) is 5.69 Å². The first-order valence-electron chi connectivity index (χ1n) is 5.78. The Morgan fingerprint density at radius 3 is 2.56 bits per heavy atom. The third-order valence-electron chi connectivity index (χ3n) is 2.56. The predicted molar refractivity (Wildman–Crippen MR) is 74.0 cm³/mol. The van der Waals surface area contributed by atoms with Crippen LogP contribution in [-0.2, 0) is 0 Å². The van der Waals surface area contributed by atoms with Crippen molar-refractivity contribution in [1.29, 1.82) is 5.26 Å². The summed E-state index contributed by atoms with van der Waals surface area (Å²) in [6.45, 7) is 6.04. The highest BCUT2D eigenvalue weighted by molar-refractivity contribution is 8.00. The van der Waals surface area contributed by atoms with Crippen LogP contribution in [0.1, 0.15) is 18.1 Å². The minimum Gasteiger partial charge on any atom is -0.295 e. The number of benzene rings is 1. The lowest BCUT2D eigenvalue weighted by Crippen LogP contribution is -1.99. The molecule has 0 aliphatic rings. The molecule has 18 heavy (non-hydrogen) atoms. The van der Waals surface area contributed by atoms with Crippen LogP contribution in [0.5, 0.6) is 0 Å². The zero-order chi connectivity index (χ0) is 13.1. The van der Waals surface area contributed by atoms with Gasteiger partial charge in [0, 0.05) is 18.1 Å². The number of hydrogen-bond acceptors (Lipinski definition) is 3. The highest BCUT2D eigenvalue weighted by atomic mass is 32.2. The summed E-state index contributed by atoms with van der Waals surface area (Å²) in [6.07, 6.45) is 3.70. The molecule has 2 aromatic rings. The molecule has 4 heteroatoms. The molecule has 0 radical (unpaired) electrons. The van der Waals surface area contributed by atoms with Gasteiger partial charge in [0.2, 0.25) is 0 Å². The first-order valence-corrected chi connectivity index (χ1v) is 6.66. The summed E-state index contributed by atoms with van der Waals surface area (Å²) >= 11 is 1.47. The maximum atomic E-state index is 8.88. The van der Waals surface area contributed by atoms with E-state index in [4.69, 9.17) is 5.26 Å². The Kier molecular flexibility index (Phi) is 3.73. The van der Waals surface area contributed by atoms with Crippen LogP contribution in [0, 0.1) is 25.2 Å². The molecule has 0 aliphatic carbocycles. The fraction of sp³-hybridized carbons (Fsp3) is 0.286. The molecule has 0 N–H and O–H groups in total. The smallest absolute Gasteiger partial charge is 0.173 e. The van der Waals surface area contributed by atoms with Crippen LogP contribution >= 0.6 is 11.8 Å². The van der Waals surface area contributed by atoms with Gasteiger partial charge in [-0.2, -0.15) is 5.26 Å². The first-order chi connectivity index (χ1) is 8.60. The topological polar surface area (TPSA) is 41.6 Å². The number of hydrogen-bond donors (Lipinski definition) is 0. The highest BCUT2D eigenvalue weighted by Crippen LogP contribution is 2.25. The number of rotatable bonds is 3. The maximum absolute atomic E-state index is 8.88. The molecule has 0 saturated heterocycles. The fourth-order valence-electron chi connectivity index (χ4n) is 1.85. The van der Waals surface area contributed by atoms with E-state index in [1.54, 1.807) is 6.20 Å². The summed E-state index contributed by atoms with van der Waals surface area (Å²) in [5.41, 5.74) is 3.55. The zero-order valence-electron chi connectivity index (χ0n) is 10.7. The van der Waals surface area contributed by atoms with Crippen molar-refractivity contribution in [3.05, 3.63) is 41.7 Å². The van der Waals surface area contributed by atoms with Crippen molar-refractivity contribution in [1.82, 2.24) is 9.55 Å². The molecule has 1 heterocycles. The highest BCUT2D eigenvalue weighted by Gasteiger charge is 2.10. The lowest BCUT2D eigenvalue weighted by atomic mass is 10.1. The van der Waals surface area contributed by atoms with Gasteiger partial charge in [0.15, 0.2) is 5.16 Å². The van der Waals surface area contributed by atoms with Gasteiger partial charge in [0.25, 0.3) is 0 Å². The van der Waals surface area contributed by atoms with E-state index in [1.165, 1.54) is 22.9 Å². The molecule has 92 valence electrons. The van der Waals surface area contributed by atoms with Crippen molar-refractivity contribution in [3.63, 3.8) is 0 Å². The molecular formula is C14H15N3S. The molecule has 0 saturated carbocycles. The van der Waals surface area contributed by atoms with Gasteiger partial charge in [0.05, 0.1) is 11.3 Å². The number of nitrogens with zero attached hydrogens (tertiary/aromatic N) is 3. The van der Waals surface area contributed by atoms with Crippen molar-refractivity contribution < 1.29 is 0 Å². The van der Waals surface area contributed by atoms with Crippen LogP contribution in [0.2, 0.25) is 0 Å². The van der Waals surface area contributed by atoms with Crippen LogP contribution in [0.3, 0.4) is 0 Å². The van der Waals surface area contributed by atoms with Gasteiger partial charge in [0.1, 0.15) is 0 Å². The van der Waals surface area contributed by atoms with E-state index in [2.05, 4.69) is 43.1 Å². The molecule has 0 aliphatic heterocycles. The zero-order valence-corrected chi connectivity index (χ0v) is 11.5. The molecule has 3 nitrogen and oxygen atoms in total. The predicted octanol–water partition coefficient (Wildman–Crippen LogP) is 3.49. The van der Waals surface area contributed by atoms with Gasteiger partial charge < -0.3 is 0 Å². The third kappa shape index (κ3) is 2.74. The Morgan fingerprint density at radius 2 is 1.94 bits per heavy atom. The lowest BCUT2D eigenvalue weighted by Gasteiger charge is -2.10. The monoisotopic (exact) mass is 257 g/mol. The van der Waals surface area contributed by atoms with Crippen LogP contribution in [-0.4, -0.2) is 14.8 Å². The molecule has 0 bridgehead atoms. The van der Waals surface area contributed by atoms with E-state index in [9.17, 15) is 0 Å². The number of nitriles is 1. The van der Waals surface area contributed by atoms with Crippen molar-refractivity contribution >= 4 is 11.8 Å². The van der Waals surface area contributed by atoms with Gasteiger partial charge >= 0.3 is 0 Å². The summed E-state index contributed by atoms with van der Waals surface area (Å²) in [4.78, 5) is 4.31. The van der Waals surface area contributed by atoms with Gasteiger partial charge in [-0.3, -0.25) is 4.57 Å². The quantitative estimate of drug-likeness (QED) is 0.790. The summed E-state index contributed by atoms with van der Waals surface area (Å²) < 4.78 is 2.03. The normalized spacial score (nSPS) is 12.1. The summed E-state index contributed by atoms with van der Waals surface area (Å²) in [7, 11) is 0. The van der Waals surface area contributed by atoms with Crippen molar-refractivity contribution in [2.45, 2.75) is 31.2 Å². The van der Waals surface area contributed by atoms with E-state index in [0.29, 0.717) is 0 Å². The Morgan fingerprint density at radius 1 is 1.28 bits per heavy atom. The van der Waals surface area contributed by atoms with Crippen LogP contribution < -0.4 is 0 Å². The standard InChI is InChI=1S/C14H15N3S/c1-10-6-11(2)8-13(7-10)17-5-4-16-14(17)18-12(3)9-15/h4-8,12H,1-3H3. The van der Waals surface area contributed by atoms with Gasteiger partial charge in [-0.25, -0.2) is 4.98 Å². The second-order valence-electron chi connectivity index (χ2n) is 4.31. The first kappa shape index (κ1) is 12.7. The third-order valence-corrected chi connectivity index (χ3v) is 3.53. The Bertz CT molecular complexity index is 575. The Labute approximate surface area is 111 Å². The van der Waals surface area contributed by atoms with Gasteiger partial charge in [-0.15, -0.1) is 0 Å². The number of aryl methyl sites for hydroxylation is 2. The molecule has 1 unspecified atom stereocenters. The minimum atomic E-state index is -0.0999. The minimum absolute atomic E-state index is 0.0999. The molecule has 0 spiro atoms. The second-order valence-corrected chi connectivity index (χ2v) is 5.62. The largest absolute Gasteiger partial charge is 0.295 e. The molecular weight excluding hydrogens is 242 g/mol.